The number of nitrogens with zero attached hydrogens (tertiary/aromatic N) is 4. The second-order valence-electron chi connectivity index (χ2n) is 9.21. The van der Waals surface area contributed by atoms with Crippen molar-refractivity contribution in [2.24, 2.45) is 10.2 Å². The van der Waals surface area contributed by atoms with Gasteiger partial charge in [0.15, 0.2) is 0 Å². The second kappa shape index (κ2) is 14.5. The van der Waals surface area contributed by atoms with E-state index in [0.717, 1.165) is 40.9 Å². The third-order valence-corrected chi connectivity index (χ3v) is 6.11. The van der Waals surface area contributed by atoms with Crippen LogP contribution in [0, 0.1) is 18.8 Å². The molecule has 0 N–H and O–H groups in total. The third kappa shape index (κ3) is 9.43. The Hall–Kier alpha value is -3.84. The number of azo groups is 1. The van der Waals surface area contributed by atoms with Crippen LogP contribution in [-0.4, -0.2) is 9.97 Å². The zero-order chi connectivity index (χ0) is 25.6. The van der Waals surface area contributed by atoms with E-state index in [1.54, 1.807) is 18.6 Å². The van der Waals surface area contributed by atoms with E-state index in [2.05, 4.69) is 57.3 Å². The standard InChI is InChI=1S/C32H36N4/c1-25(2)26(3)11-9-7-5-6-8-10-12-28-13-17-30(18-14-28)35-36-31-19-15-29(27(4)23-31)16-20-32-24-33-21-22-34-32/h13-15,17-19,21-24H,1,3,5-12H2,2,4H3/b36-35+. The SMILES string of the molecule is C=C(C)C(=C)CCCCCCCCc1ccc(/N=N/c2ccc(C#Cc3cnccn3)c(C)c2)cc1. The number of aryl methyl sites for hydroxylation is 2. The Morgan fingerprint density at radius 3 is 2.22 bits per heavy atom. The van der Waals surface area contributed by atoms with E-state index < -0.39 is 0 Å². The van der Waals surface area contributed by atoms with Crippen molar-refractivity contribution in [1.29, 1.82) is 0 Å². The molecule has 1 heterocycles. The molecule has 0 aliphatic rings. The minimum absolute atomic E-state index is 0.654. The van der Waals surface area contributed by atoms with Gasteiger partial charge >= 0.3 is 0 Å². The van der Waals surface area contributed by atoms with Gasteiger partial charge in [0, 0.05) is 18.0 Å². The first-order valence-corrected chi connectivity index (χ1v) is 12.7. The molecule has 0 saturated heterocycles. The lowest BCUT2D eigenvalue weighted by atomic mass is 10.0. The normalized spacial score (nSPS) is 10.7. The summed E-state index contributed by atoms with van der Waals surface area (Å²) in [4.78, 5) is 8.21. The zero-order valence-electron chi connectivity index (χ0n) is 21.6. The molecule has 4 nitrogen and oxygen atoms in total. The van der Waals surface area contributed by atoms with Crippen molar-refractivity contribution in [3.8, 4) is 11.8 Å². The zero-order valence-corrected chi connectivity index (χ0v) is 21.6. The molecule has 2 aromatic carbocycles. The van der Waals surface area contributed by atoms with E-state index in [0.29, 0.717) is 5.69 Å². The average Bonchev–Trinajstić information content (AvgIpc) is 2.89. The second-order valence-corrected chi connectivity index (χ2v) is 9.21. The Bertz CT molecular complexity index is 1230. The highest BCUT2D eigenvalue weighted by Crippen LogP contribution is 2.22. The Morgan fingerprint density at radius 1 is 0.833 bits per heavy atom. The highest BCUT2D eigenvalue weighted by atomic mass is 15.1. The quantitative estimate of drug-likeness (QED) is 0.113. The molecule has 0 saturated carbocycles. The molecule has 0 aliphatic heterocycles. The summed E-state index contributed by atoms with van der Waals surface area (Å²) in [6, 6.07) is 14.3. The topological polar surface area (TPSA) is 50.5 Å². The van der Waals surface area contributed by atoms with Crippen LogP contribution in [-0.2, 0) is 6.42 Å². The number of benzene rings is 2. The fourth-order valence-electron chi connectivity index (χ4n) is 3.78. The van der Waals surface area contributed by atoms with Crippen LogP contribution in [0.1, 0.15) is 74.3 Å². The summed E-state index contributed by atoms with van der Waals surface area (Å²) in [5.74, 6) is 6.18. The fraction of sp³-hybridized carbons (Fsp3) is 0.312. The monoisotopic (exact) mass is 476 g/mol. The van der Waals surface area contributed by atoms with E-state index in [4.69, 9.17) is 0 Å². The van der Waals surface area contributed by atoms with Crippen LogP contribution in [0.5, 0.6) is 0 Å². The van der Waals surface area contributed by atoms with E-state index in [9.17, 15) is 0 Å². The lowest BCUT2D eigenvalue weighted by Gasteiger charge is -2.05. The van der Waals surface area contributed by atoms with Crippen molar-refractivity contribution in [2.45, 2.75) is 65.2 Å². The molecule has 0 fully saturated rings. The number of hydrogen-bond donors (Lipinski definition) is 0. The van der Waals surface area contributed by atoms with Gasteiger partial charge in [0.2, 0.25) is 0 Å². The Kier molecular flexibility index (Phi) is 10.8. The first-order chi connectivity index (χ1) is 17.5. The maximum atomic E-state index is 4.40. The molecule has 0 amide bonds. The van der Waals surface area contributed by atoms with Crippen molar-refractivity contribution >= 4 is 11.4 Å². The number of allylic oxidation sites excluding steroid dienone is 2. The van der Waals surface area contributed by atoms with E-state index in [1.807, 2.05) is 44.2 Å². The lowest BCUT2D eigenvalue weighted by molar-refractivity contribution is 0.594. The van der Waals surface area contributed by atoms with Crippen LogP contribution in [0.2, 0.25) is 0 Å². The van der Waals surface area contributed by atoms with Crippen LogP contribution in [0.3, 0.4) is 0 Å². The smallest absolute Gasteiger partial charge is 0.131 e. The van der Waals surface area contributed by atoms with Gasteiger partial charge in [0.05, 0.1) is 17.6 Å². The maximum absolute atomic E-state index is 4.40. The molecule has 184 valence electrons. The molecule has 3 rings (SSSR count). The van der Waals surface area contributed by atoms with Gasteiger partial charge in [-0.15, -0.1) is 0 Å². The van der Waals surface area contributed by atoms with E-state index >= 15 is 0 Å². The Labute approximate surface area is 216 Å². The van der Waals surface area contributed by atoms with Gasteiger partial charge in [-0.05, 0) is 86.9 Å². The molecular weight excluding hydrogens is 440 g/mol. The molecule has 0 atom stereocenters. The fourth-order valence-corrected chi connectivity index (χ4v) is 3.78. The van der Waals surface area contributed by atoms with Gasteiger partial charge < -0.3 is 0 Å². The number of hydrogen-bond acceptors (Lipinski definition) is 4. The van der Waals surface area contributed by atoms with Crippen LogP contribution in [0.4, 0.5) is 11.4 Å². The lowest BCUT2D eigenvalue weighted by Crippen LogP contribution is -1.87. The number of rotatable bonds is 12. The molecule has 1 aromatic heterocycles. The van der Waals surface area contributed by atoms with E-state index in [1.165, 1.54) is 49.7 Å². The van der Waals surface area contributed by atoms with Crippen LogP contribution < -0.4 is 0 Å². The first kappa shape index (κ1) is 26.8. The summed E-state index contributed by atoms with van der Waals surface area (Å²) in [6.07, 6.45) is 14.7. The van der Waals surface area contributed by atoms with Gasteiger partial charge in [-0.3, -0.25) is 4.98 Å². The molecule has 0 spiro atoms. The molecule has 36 heavy (non-hydrogen) atoms. The number of unbranched alkanes of at least 4 members (excludes halogenated alkanes) is 5. The number of aromatic nitrogens is 2. The van der Waals surface area contributed by atoms with Gasteiger partial charge in [-0.1, -0.05) is 68.0 Å². The molecule has 3 aromatic rings. The van der Waals surface area contributed by atoms with Crippen LogP contribution in [0.15, 0.2) is 95.6 Å². The summed E-state index contributed by atoms with van der Waals surface area (Å²) in [5.41, 5.74) is 7.99. The molecular formula is C32H36N4. The summed E-state index contributed by atoms with van der Waals surface area (Å²) in [5, 5.41) is 8.80. The van der Waals surface area contributed by atoms with Crippen molar-refractivity contribution < 1.29 is 0 Å². The molecule has 4 heteroatoms. The van der Waals surface area contributed by atoms with Crippen LogP contribution >= 0.6 is 0 Å². The van der Waals surface area contributed by atoms with Crippen LogP contribution in [0.25, 0.3) is 0 Å². The minimum Gasteiger partial charge on any atom is -0.260 e. The first-order valence-electron chi connectivity index (χ1n) is 12.7. The molecule has 0 radical (unpaired) electrons. The Balaban J connectivity index is 1.39. The van der Waals surface area contributed by atoms with Gasteiger partial charge in [-0.25, -0.2) is 4.98 Å². The summed E-state index contributed by atoms with van der Waals surface area (Å²) < 4.78 is 0. The third-order valence-electron chi connectivity index (χ3n) is 6.11. The average molecular weight is 477 g/mol. The predicted octanol–water partition coefficient (Wildman–Crippen LogP) is 9.01. The minimum atomic E-state index is 0.654. The molecule has 0 unspecified atom stereocenters. The molecule has 0 aliphatic carbocycles. The maximum Gasteiger partial charge on any atom is 0.131 e. The predicted molar refractivity (Wildman–Crippen MR) is 150 cm³/mol. The van der Waals surface area contributed by atoms with Crippen molar-refractivity contribution in [3.63, 3.8) is 0 Å². The molecule has 0 bridgehead atoms. The largest absolute Gasteiger partial charge is 0.260 e. The summed E-state index contributed by atoms with van der Waals surface area (Å²) in [6.45, 7) is 12.1. The van der Waals surface area contributed by atoms with Crippen molar-refractivity contribution in [3.05, 3.63) is 108 Å². The summed E-state index contributed by atoms with van der Waals surface area (Å²) >= 11 is 0. The highest BCUT2D eigenvalue weighted by Gasteiger charge is 2.00. The Morgan fingerprint density at radius 2 is 1.53 bits per heavy atom. The van der Waals surface area contributed by atoms with E-state index in [-0.39, 0.29) is 0 Å². The van der Waals surface area contributed by atoms with Gasteiger partial charge in [0.1, 0.15) is 5.69 Å². The van der Waals surface area contributed by atoms with Crippen molar-refractivity contribution in [1.82, 2.24) is 9.97 Å². The van der Waals surface area contributed by atoms with Crippen molar-refractivity contribution in [2.75, 3.05) is 0 Å². The van der Waals surface area contributed by atoms with Gasteiger partial charge in [0.25, 0.3) is 0 Å². The summed E-state index contributed by atoms with van der Waals surface area (Å²) in [7, 11) is 0. The van der Waals surface area contributed by atoms with Gasteiger partial charge in [-0.2, -0.15) is 10.2 Å². The highest BCUT2D eigenvalue weighted by molar-refractivity contribution is 5.51.